The van der Waals surface area contributed by atoms with E-state index in [1.807, 2.05) is 156 Å². The van der Waals surface area contributed by atoms with Gasteiger partial charge in [0.2, 0.25) is 0 Å². The molecule has 1 saturated heterocycles. The highest BCUT2D eigenvalue weighted by atomic mass is 35.5. The molecule has 710 valence electrons. The third-order valence-electron chi connectivity index (χ3n) is 24.2. The van der Waals surface area contributed by atoms with Crippen LogP contribution in [0.4, 0.5) is 49.9 Å². The van der Waals surface area contributed by atoms with Crippen LogP contribution in [-0.4, -0.2) is 206 Å². The van der Waals surface area contributed by atoms with E-state index in [1.54, 1.807) is 134 Å². The maximum absolute atomic E-state index is 14.2. The number of ether oxygens (including phenoxy) is 6. The van der Waals surface area contributed by atoms with Gasteiger partial charge in [-0.1, -0.05) is 43.3 Å². The van der Waals surface area contributed by atoms with E-state index in [0.29, 0.717) is 85.5 Å². The summed E-state index contributed by atoms with van der Waals surface area (Å²) in [5, 5.41) is 28.8. The van der Waals surface area contributed by atoms with E-state index in [-0.39, 0.29) is 18.9 Å². The van der Waals surface area contributed by atoms with Crippen LogP contribution in [0.25, 0.3) is 95.2 Å². The number of aromatic nitrogens is 16. The molecule has 1 unspecified atom stereocenters. The summed E-state index contributed by atoms with van der Waals surface area (Å²) < 4.78 is 54.4. The van der Waals surface area contributed by atoms with Crippen LogP contribution < -0.4 is 48.0 Å². The molecule has 20 rings (SSSR count). The van der Waals surface area contributed by atoms with Gasteiger partial charge < -0.3 is 58.0 Å². The molecule has 0 bridgehead atoms. The monoisotopic (exact) mass is 1890 g/mol. The van der Waals surface area contributed by atoms with E-state index < -0.39 is 17.9 Å². The number of amides is 2. The number of methoxy groups -OCH3 is 5. The second-order valence-electron chi connectivity index (χ2n) is 34.1. The Hall–Kier alpha value is -15.8. The van der Waals surface area contributed by atoms with Gasteiger partial charge >= 0.3 is 0 Å². The molecule has 1 atom stereocenters. The largest absolute Gasteiger partial charge is 0.497 e. The molecule has 2 fully saturated rings. The zero-order valence-corrected chi connectivity index (χ0v) is 80.1. The second-order valence-corrected chi connectivity index (χ2v) is 34.5. The molecule has 33 heteroatoms. The average Bonchev–Trinajstić information content (AvgIpc) is 1.78. The van der Waals surface area contributed by atoms with Crippen molar-refractivity contribution in [1.29, 1.82) is 0 Å². The van der Waals surface area contributed by atoms with Gasteiger partial charge in [-0.2, -0.15) is 20.4 Å². The molecule has 2 aliphatic heterocycles. The SMILES string of the molecule is C=Cc1cc(OC)cc(N(CC2CC2)c2ccc3ncc(-c4cnn(C)c4)nc3c2)c1.CCCN(c1cc(F)cc(OCC)c1)c1ccc2ncc(-c3cnn(C)c3)nc2c1.COc1cc(OC)c(Cl)c(N(CCCN2CCCC2)c2ccc3ncc(-c4cnn(C)c4)nc3c2)c1.COc1cc(OC)cc(N(CC(O)CN2C(=O)c3ccccc3C2=O)c2ccc3ncc(-c4cnn(C)c4)nc3c2)c1. The lowest BCUT2D eigenvalue weighted by Gasteiger charge is -2.29. The zero-order chi connectivity index (χ0) is 96.9. The quantitative estimate of drug-likeness (QED) is 0.0383. The van der Waals surface area contributed by atoms with Gasteiger partial charge in [0.15, 0.2) is 0 Å². The van der Waals surface area contributed by atoms with Crippen LogP contribution >= 0.6 is 11.6 Å². The number of hydrogen-bond donors (Lipinski definition) is 1. The van der Waals surface area contributed by atoms with Crippen LogP contribution in [0.15, 0.2) is 245 Å². The Balaban J connectivity index is 0.000000129. The number of imide groups is 1. The average molecular weight is 1890 g/mol. The third kappa shape index (κ3) is 22.3. The zero-order valence-electron chi connectivity index (χ0n) is 79.4. The van der Waals surface area contributed by atoms with Gasteiger partial charge in [-0.25, -0.2) is 24.3 Å². The highest BCUT2D eigenvalue weighted by Crippen LogP contribution is 2.45. The van der Waals surface area contributed by atoms with Crippen LogP contribution in [0.2, 0.25) is 5.02 Å². The first-order chi connectivity index (χ1) is 67.6. The molecule has 9 aromatic carbocycles. The predicted molar refractivity (Wildman–Crippen MR) is 541 cm³/mol. The first-order valence-electron chi connectivity index (χ1n) is 46.0. The topological polar surface area (TPSA) is 304 Å². The highest BCUT2D eigenvalue weighted by Gasteiger charge is 2.37. The summed E-state index contributed by atoms with van der Waals surface area (Å²) in [4.78, 5) is 75.8. The lowest BCUT2D eigenvalue weighted by molar-refractivity contribution is 0.0553. The minimum absolute atomic E-state index is 0.0466. The molecule has 31 nitrogen and oxygen atoms in total. The van der Waals surface area contributed by atoms with Crippen LogP contribution in [-0.2, 0) is 28.2 Å². The molecule has 139 heavy (non-hydrogen) atoms. The number of fused-ring (bicyclic) bond motifs is 5. The maximum Gasteiger partial charge on any atom is 0.261 e. The fraction of sp³-hybridized carbons (Fsp3) is 0.264. The van der Waals surface area contributed by atoms with Crippen molar-refractivity contribution in [3.05, 3.63) is 272 Å². The van der Waals surface area contributed by atoms with E-state index in [1.165, 1.54) is 50.9 Å². The molecule has 0 radical (unpaired) electrons. The summed E-state index contributed by atoms with van der Waals surface area (Å²) in [6.07, 6.45) is 29.6. The minimum Gasteiger partial charge on any atom is -0.497 e. The van der Waals surface area contributed by atoms with Gasteiger partial charge in [0.05, 0.1) is 195 Å². The molecular weight excluding hydrogens is 1780 g/mol. The van der Waals surface area contributed by atoms with Crippen LogP contribution in [0.3, 0.4) is 0 Å². The fourth-order valence-corrected chi connectivity index (χ4v) is 17.3. The number of anilines is 8. The summed E-state index contributed by atoms with van der Waals surface area (Å²) in [5.41, 5.74) is 21.7. The van der Waals surface area contributed by atoms with Crippen molar-refractivity contribution in [3.63, 3.8) is 0 Å². The molecule has 8 aromatic heterocycles. The van der Waals surface area contributed by atoms with E-state index >= 15 is 0 Å². The molecule has 1 N–H and O–H groups in total. The van der Waals surface area contributed by atoms with Crippen LogP contribution in [0.1, 0.15) is 78.7 Å². The summed E-state index contributed by atoms with van der Waals surface area (Å²) in [6, 6.07) is 50.8. The smallest absolute Gasteiger partial charge is 0.261 e. The number of aliphatic hydroxyl groups is 1. The van der Waals surface area contributed by atoms with Crippen molar-refractivity contribution in [2.24, 2.45) is 34.1 Å². The van der Waals surface area contributed by atoms with E-state index in [2.05, 4.69) is 110 Å². The highest BCUT2D eigenvalue weighted by molar-refractivity contribution is 6.35. The third-order valence-corrected chi connectivity index (χ3v) is 24.6. The molecule has 2 amide bonds. The number of carbonyl (C=O) groups is 2. The number of benzene rings is 9. The summed E-state index contributed by atoms with van der Waals surface area (Å²) in [7, 11) is 15.6. The molecule has 3 aliphatic rings. The standard InChI is InChI=1S/C31H28N6O5.C27H31ClN6O2.C25H25N5O.C23H24FN5O/c1-35-16-19(14-33-35)29-15-32-27-9-8-20(12-28(27)34-29)36(21-10-23(41-2)13-24(11-21)42-3)17-22(38)18-37-30(39)25-6-4-5-7-26(25)31(37)40;1-32-18-19(16-30-32)24-17-29-22-8-7-20(13-23(22)31-24)34(12-6-11-33-9-4-5-10-33)25-14-21(35-2)15-26(36-3)27(25)28;1-4-17-9-21(11-22(10-17)31-3)30(15-18-5-6-18)20-7-8-23-24(12-20)28-25(14-26-23)19-13-27-29(2)16-19;1-4-8-29(19-9-17(24)10-20(11-19)30-5-2)18-6-7-21-22(12-18)27-23(14-25-21)16-13-26-28(3)15-16/h4-16,22,38H,17-18H2,1-3H3;7-8,13-18H,4-6,9-12H2,1-3H3;4,7-14,16,18H,1,5-6,15H2,2-3H3;6-7,9-15H,4-5,8H2,1-3H3. The van der Waals surface area contributed by atoms with E-state index in [4.69, 9.17) is 60.0 Å². The molecular formula is C106H108ClFN22O9. The number of nitrogens with zero attached hydrogens (tertiary/aromatic N) is 22. The van der Waals surface area contributed by atoms with Crippen molar-refractivity contribution in [2.75, 3.05) is 114 Å². The molecule has 1 saturated carbocycles. The molecule has 0 spiro atoms. The Morgan fingerprint density at radius 2 is 0.892 bits per heavy atom. The maximum atomic E-state index is 14.2. The fourth-order valence-electron chi connectivity index (χ4n) is 17.0. The first kappa shape index (κ1) is 94.9. The Morgan fingerprint density at radius 1 is 0.468 bits per heavy atom. The number of aryl methyl sites for hydroxylation is 4. The number of β-amino-alcohol motifs (C(OH)–C–C–N with tert-alkyl or cyclic N) is 1. The molecule has 10 heterocycles. The van der Waals surface area contributed by atoms with Crippen LogP contribution in [0, 0.1) is 11.7 Å². The second kappa shape index (κ2) is 43.0. The van der Waals surface area contributed by atoms with E-state index in [0.717, 1.165) is 162 Å². The van der Waals surface area contributed by atoms with Gasteiger partial charge in [-0.05, 0) is 180 Å². The number of aliphatic hydroxyl groups excluding tert-OH is 1. The van der Waals surface area contributed by atoms with Gasteiger partial charge in [-0.15, -0.1) is 0 Å². The number of hydrogen-bond acceptors (Lipinski definition) is 26. The molecule has 17 aromatic rings. The van der Waals surface area contributed by atoms with Crippen molar-refractivity contribution in [3.8, 4) is 79.5 Å². The summed E-state index contributed by atoms with van der Waals surface area (Å²) >= 11 is 6.84. The Bertz CT molecular complexity index is 7250. The molecule has 1 aliphatic carbocycles. The van der Waals surface area contributed by atoms with E-state index in [9.17, 15) is 19.1 Å². The predicted octanol–water partition coefficient (Wildman–Crippen LogP) is 19.5. The van der Waals surface area contributed by atoms with Crippen molar-refractivity contribution < 1.29 is 47.5 Å². The summed E-state index contributed by atoms with van der Waals surface area (Å²) in [6.45, 7) is 14.2. The number of rotatable bonds is 32. The Morgan fingerprint density at radius 3 is 1.32 bits per heavy atom. The van der Waals surface area contributed by atoms with Crippen molar-refractivity contribution >= 4 is 119 Å². The normalized spacial score (nSPS) is 13.0. The Kier molecular flexibility index (Phi) is 29.4. The summed E-state index contributed by atoms with van der Waals surface area (Å²) in [5.74, 6) is 3.28. The minimum atomic E-state index is -1.09. The van der Waals surface area contributed by atoms with Gasteiger partial charge in [0, 0.05) is 183 Å². The number of carbonyl (C=O) groups excluding carboxylic acids is 2. The van der Waals surface area contributed by atoms with Crippen molar-refractivity contribution in [2.45, 2.75) is 58.5 Å². The van der Waals surface area contributed by atoms with Crippen molar-refractivity contribution in [1.82, 2.24) is 88.8 Å². The number of likely N-dealkylation sites (tertiary alicyclic amines) is 1. The van der Waals surface area contributed by atoms with Gasteiger partial charge in [0.25, 0.3) is 11.8 Å². The number of halogens is 2. The van der Waals surface area contributed by atoms with Crippen LogP contribution in [0.5, 0.6) is 34.5 Å². The van der Waals surface area contributed by atoms with Gasteiger partial charge in [-0.3, -0.25) is 53.2 Å². The van der Waals surface area contributed by atoms with Gasteiger partial charge in [0.1, 0.15) is 45.3 Å². The first-order valence-corrected chi connectivity index (χ1v) is 46.4. The lowest BCUT2D eigenvalue weighted by atomic mass is 10.1. The Labute approximate surface area is 809 Å². The lowest BCUT2D eigenvalue weighted by Crippen LogP contribution is -2.41.